The number of rotatable bonds is 7. The lowest BCUT2D eigenvalue weighted by Crippen LogP contribution is -2.43. The van der Waals surface area contributed by atoms with Crippen LogP contribution in [0.4, 0.5) is 0 Å². The van der Waals surface area contributed by atoms with E-state index in [-0.39, 0.29) is 11.9 Å². The molecular formula is C17H22N2OS. The van der Waals surface area contributed by atoms with Gasteiger partial charge in [0.2, 0.25) is 5.91 Å². The molecule has 0 radical (unpaired) electrons. The van der Waals surface area contributed by atoms with Crippen molar-refractivity contribution >= 4 is 17.2 Å². The van der Waals surface area contributed by atoms with E-state index in [4.69, 9.17) is 0 Å². The highest BCUT2D eigenvalue weighted by Gasteiger charge is 2.17. The summed E-state index contributed by atoms with van der Waals surface area (Å²) in [6.07, 6.45) is 0.901. The van der Waals surface area contributed by atoms with E-state index in [0.29, 0.717) is 6.54 Å². The number of carbonyl (C=O) groups excluding carboxylic acids is 1. The van der Waals surface area contributed by atoms with E-state index in [0.717, 1.165) is 13.0 Å². The Bertz CT molecular complexity index is 539. The summed E-state index contributed by atoms with van der Waals surface area (Å²) >= 11 is 1.73. The van der Waals surface area contributed by atoms with Crippen LogP contribution in [0, 0.1) is 0 Å². The van der Waals surface area contributed by atoms with Gasteiger partial charge in [0.15, 0.2) is 0 Å². The number of carbonyl (C=O) groups is 1. The van der Waals surface area contributed by atoms with Gasteiger partial charge in [-0.2, -0.15) is 0 Å². The van der Waals surface area contributed by atoms with Gasteiger partial charge in [0.05, 0.1) is 6.04 Å². The van der Waals surface area contributed by atoms with Crippen molar-refractivity contribution in [1.29, 1.82) is 0 Å². The molecule has 4 heteroatoms. The Kier molecular flexibility index (Phi) is 5.96. The molecule has 1 heterocycles. The minimum atomic E-state index is -0.131. The zero-order valence-electron chi connectivity index (χ0n) is 12.6. The fourth-order valence-corrected chi connectivity index (χ4v) is 2.83. The monoisotopic (exact) mass is 302 g/mol. The molecule has 1 aromatic carbocycles. The van der Waals surface area contributed by atoms with E-state index in [1.807, 2.05) is 38.2 Å². The summed E-state index contributed by atoms with van der Waals surface area (Å²) in [6.45, 7) is 3.42. The first-order valence-electron chi connectivity index (χ1n) is 7.21. The first-order valence-corrected chi connectivity index (χ1v) is 8.09. The number of nitrogens with zero attached hydrogens (tertiary/aromatic N) is 1. The third-order valence-electron chi connectivity index (χ3n) is 3.57. The minimum Gasteiger partial charge on any atom is -0.354 e. The fourth-order valence-electron chi connectivity index (χ4n) is 2.12. The van der Waals surface area contributed by atoms with Gasteiger partial charge in [0.25, 0.3) is 0 Å². The van der Waals surface area contributed by atoms with Crippen molar-refractivity contribution in [1.82, 2.24) is 10.2 Å². The predicted molar refractivity (Wildman–Crippen MR) is 88.4 cm³/mol. The molecule has 2 rings (SSSR count). The summed E-state index contributed by atoms with van der Waals surface area (Å²) < 4.78 is 0. The summed E-state index contributed by atoms with van der Waals surface area (Å²) in [5, 5.41) is 5.08. The number of hydrogen-bond donors (Lipinski definition) is 1. The van der Waals surface area contributed by atoms with Crippen molar-refractivity contribution < 1.29 is 4.79 Å². The van der Waals surface area contributed by atoms with Crippen LogP contribution in [0.5, 0.6) is 0 Å². The molecule has 112 valence electrons. The number of likely N-dealkylation sites (N-methyl/N-ethyl adjacent to an activating group) is 1. The Morgan fingerprint density at radius 3 is 2.67 bits per heavy atom. The molecule has 1 aromatic heterocycles. The van der Waals surface area contributed by atoms with Crippen LogP contribution in [0.15, 0.2) is 47.8 Å². The van der Waals surface area contributed by atoms with Gasteiger partial charge in [-0.3, -0.25) is 9.69 Å². The number of amides is 1. The molecule has 0 fully saturated rings. The molecule has 1 atom stereocenters. The molecule has 0 spiro atoms. The number of benzene rings is 1. The summed E-state index contributed by atoms with van der Waals surface area (Å²) in [5.74, 6) is 0.0880. The van der Waals surface area contributed by atoms with Crippen LogP contribution in [-0.4, -0.2) is 30.4 Å². The van der Waals surface area contributed by atoms with Crippen LogP contribution < -0.4 is 5.32 Å². The molecule has 0 aliphatic carbocycles. The Hall–Kier alpha value is -1.65. The molecule has 21 heavy (non-hydrogen) atoms. The van der Waals surface area contributed by atoms with Gasteiger partial charge in [-0.25, -0.2) is 0 Å². The molecule has 0 saturated carbocycles. The second-order valence-electron chi connectivity index (χ2n) is 5.20. The van der Waals surface area contributed by atoms with E-state index in [9.17, 15) is 4.79 Å². The van der Waals surface area contributed by atoms with E-state index in [2.05, 4.69) is 33.8 Å². The van der Waals surface area contributed by atoms with Gasteiger partial charge in [-0.05, 0) is 37.4 Å². The van der Waals surface area contributed by atoms with Crippen LogP contribution in [0.2, 0.25) is 0 Å². The van der Waals surface area contributed by atoms with E-state index >= 15 is 0 Å². The Balaban J connectivity index is 1.75. The predicted octanol–water partition coefficient (Wildman–Crippen LogP) is 2.93. The smallest absolute Gasteiger partial charge is 0.237 e. The van der Waals surface area contributed by atoms with Gasteiger partial charge in [0.1, 0.15) is 0 Å². The SMILES string of the molecule is CC(C(=O)NCCc1cccs1)N(C)Cc1ccccc1. The van der Waals surface area contributed by atoms with Crippen molar-refractivity contribution in [3.8, 4) is 0 Å². The van der Waals surface area contributed by atoms with Gasteiger partial charge in [-0.1, -0.05) is 36.4 Å². The summed E-state index contributed by atoms with van der Waals surface area (Å²) in [4.78, 5) is 15.5. The highest BCUT2D eigenvalue weighted by atomic mass is 32.1. The Morgan fingerprint density at radius 1 is 1.24 bits per heavy atom. The standard InChI is InChI=1S/C17H22N2OS/c1-14(19(2)13-15-7-4-3-5-8-15)17(20)18-11-10-16-9-6-12-21-16/h3-9,12,14H,10-11,13H2,1-2H3,(H,18,20). The van der Waals surface area contributed by atoms with Gasteiger partial charge in [-0.15, -0.1) is 11.3 Å². The second kappa shape index (κ2) is 7.96. The number of hydrogen-bond acceptors (Lipinski definition) is 3. The van der Waals surface area contributed by atoms with Crippen LogP contribution >= 0.6 is 11.3 Å². The molecule has 0 aliphatic rings. The highest BCUT2D eigenvalue weighted by Crippen LogP contribution is 2.09. The summed E-state index contributed by atoms with van der Waals surface area (Å²) in [7, 11) is 1.98. The largest absolute Gasteiger partial charge is 0.354 e. The molecule has 0 aliphatic heterocycles. The molecule has 3 nitrogen and oxygen atoms in total. The third kappa shape index (κ3) is 4.99. The Labute approximate surface area is 130 Å². The van der Waals surface area contributed by atoms with Crippen LogP contribution in [0.25, 0.3) is 0 Å². The highest BCUT2D eigenvalue weighted by molar-refractivity contribution is 7.09. The van der Waals surface area contributed by atoms with Gasteiger partial charge >= 0.3 is 0 Å². The van der Waals surface area contributed by atoms with Crippen molar-refractivity contribution in [2.75, 3.05) is 13.6 Å². The Morgan fingerprint density at radius 2 is 2.00 bits per heavy atom. The molecule has 0 bridgehead atoms. The average molecular weight is 302 g/mol. The second-order valence-corrected chi connectivity index (χ2v) is 6.23. The topological polar surface area (TPSA) is 32.3 Å². The summed E-state index contributed by atoms with van der Waals surface area (Å²) in [5.41, 5.74) is 1.22. The lowest BCUT2D eigenvalue weighted by Gasteiger charge is -2.23. The van der Waals surface area contributed by atoms with E-state index < -0.39 is 0 Å². The maximum atomic E-state index is 12.2. The van der Waals surface area contributed by atoms with Crippen molar-refractivity contribution in [3.05, 3.63) is 58.3 Å². The first-order chi connectivity index (χ1) is 10.2. The van der Waals surface area contributed by atoms with Crippen molar-refractivity contribution in [2.24, 2.45) is 0 Å². The van der Waals surface area contributed by atoms with E-state index in [1.165, 1.54) is 10.4 Å². The summed E-state index contributed by atoms with van der Waals surface area (Å²) in [6, 6.07) is 14.2. The maximum absolute atomic E-state index is 12.2. The average Bonchev–Trinajstić information content (AvgIpc) is 3.00. The van der Waals surface area contributed by atoms with Gasteiger partial charge in [0, 0.05) is 18.0 Å². The van der Waals surface area contributed by atoms with Crippen molar-refractivity contribution in [2.45, 2.75) is 25.9 Å². The molecular weight excluding hydrogens is 280 g/mol. The van der Waals surface area contributed by atoms with Crippen LogP contribution in [0.1, 0.15) is 17.4 Å². The normalized spacial score (nSPS) is 12.3. The fraction of sp³-hybridized carbons (Fsp3) is 0.353. The lowest BCUT2D eigenvalue weighted by molar-refractivity contribution is -0.125. The van der Waals surface area contributed by atoms with E-state index in [1.54, 1.807) is 11.3 Å². The third-order valence-corrected chi connectivity index (χ3v) is 4.50. The number of thiophene rings is 1. The minimum absolute atomic E-state index is 0.0880. The van der Waals surface area contributed by atoms with Crippen LogP contribution in [-0.2, 0) is 17.8 Å². The zero-order chi connectivity index (χ0) is 15.1. The van der Waals surface area contributed by atoms with Crippen molar-refractivity contribution in [3.63, 3.8) is 0 Å². The number of nitrogens with one attached hydrogen (secondary N) is 1. The van der Waals surface area contributed by atoms with Crippen LogP contribution in [0.3, 0.4) is 0 Å². The molecule has 1 N–H and O–H groups in total. The quantitative estimate of drug-likeness (QED) is 0.853. The molecule has 0 saturated heterocycles. The maximum Gasteiger partial charge on any atom is 0.237 e. The van der Waals surface area contributed by atoms with Gasteiger partial charge < -0.3 is 5.32 Å². The molecule has 2 aromatic rings. The first kappa shape index (κ1) is 15.7. The molecule has 1 unspecified atom stereocenters. The zero-order valence-corrected chi connectivity index (χ0v) is 13.4. The molecule has 1 amide bonds. The lowest BCUT2D eigenvalue weighted by atomic mass is 10.2.